The first-order valence-electron chi connectivity index (χ1n) is 6.97. The topological polar surface area (TPSA) is 59.6 Å². The van der Waals surface area contributed by atoms with Gasteiger partial charge >= 0.3 is 7.67 Å². The van der Waals surface area contributed by atoms with Crippen LogP contribution in [0.25, 0.3) is 0 Å². The summed E-state index contributed by atoms with van der Waals surface area (Å²) < 4.78 is 23.9. The van der Waals surface area contributed by atoms with Gasteiger partial charge in [-0.2, -0.15) is 0 Å². The maximum Gasteiger partial charge on any atom is 0.444 e. The smallest absolute Gasteiger partial charge is 0.444 e. The summed E-state index contributed by atoms with van der Waals surface area (Å²) in [5.74, 6) is 1.09. The number of anilines is 2. The molecule has 0 radical (unpaired) electrons. The van der Waals surface area contributed by atoms with Gasteiger partial charge in [0.15, 0.2) is 0 Å². The molecule has 1 heterocycles. The first kappa shape index (κ1) is 15.1. The molecule has 1 unspecified atom stereocenters. The molecular formula is C15H16ClN2O3P. The molecule has 5 nitrogen and oxygen atoms in total. The van der Waals surface area contributed by atoms with E-state index in [1.54, 1.807) is 30.3 Å². The largest absolute Gasteiger partial charge is 0.494 e. The second-order valence-corrected chi connectivity index (χ2v) is 6.99. The minimum Gasteiger partial charge on any atom is -0.494 e. The first-order chi connectivity index (χ1) is 10.6. The molecule has 3 rings (SSSR count). The quantitative estimate of drug-likeness (QED) is 0.738. The number of para-hydroxylation sites is 1. The highest BCUT2D eigenvalue weighted by atomic mass is 35.5. The molecule has 7 heteroatoms. The van der Waals surface area contributed by atoms with E-state index in [2.05, 4.69) is 10.2 Å². The lowest BCUT2D eigenvalue weighted by Gasteiger charge is -2.15. The number of hydrogen-bond donors (Lipinski definition) is 2. The van der Waals surface area contributed by atoms with Crippen molar-refractivity contribution >= 4 is 30.6 Å². The Morgan fingerprint density at radius 1 is 1.14 bits per heavy atom. The summed E-state index contributed by atoms with van der Waals surface area (Å²) in [6.07, 6.45) is 0.927. The van der Waals surface area contributed by atoms with Crippen LogP contribution >= 0.6 is 19.3 Å². The van der Waals surface area contributed by atoms with Gasteiger partial charge in [-0.25, -0.2) is 4.57 Å². The Kier molecular flexibility index (Phi) is 4.19. The SMILES string of the molecule is CCCOc1ccc2c(c1)NP(=O)(Oc1ccccc1Cl)N2. The van der Waals surface area contributed by atoms with Gasteiger partial charge in [0.05, 0.1) is 23.0 Å². The van der Waals surface area contributed by atoms with Gasteiger partial charge in [0, 0.05) is 6.07 Å². The summed E-state index contributed by atoms with van der Waals surface area (Å²) in [6, 6.07) is 12.3. The molecule has 0 spiro atoms. The third-order valence-electron chi connectivity index (χ3n) is 3.06. The summed E-state index contributed by atoms with van der Waals surface area (Å²) in [4.78, 5) is 0. The minimum absolute atomic E-state index is 0.364. The van der Waals surface area contributed by atoms with Crippen LogP contribution in [0.1, 0.15) is 13.3 Å². The van der Waals surface area contributed by atoms with Gasteiger partial charge in [-0.05, 0) is 30.7 Å². The summed E-state index contributed by atoms with van der Waals surface area (Å²) in [7, 11) is -3.29. The summed E-state index contributed by atoms with van der Waals surface area (Å²) in [5.41, 5.74) is 1.39. The van der Waals surface area contributed by atoms with Gasteiger partial charge in [0.2, 0.25) is 0 Å². The van der Waals surface area contributed by atoms with Gasteiger partial charge in [-0.3, -0.25) is 10.2 Å². The van der Waals surface area contributed by atoms with E-state index in [9.17, 15) is 4.57 Å². The molecule has 2 aromatic rings. The summed E-state index contributed by atoms with van der Waals surface area (Å²) in [6.45, 7) is 2.68. The van der Waals surface area contributed by atoms with Crippen molar-refractivity contribution in [1.29, 1.82) is 0 Å². The molecule has 0 saturated heterocycles. The lowest BCUT2D eigenvalue weighted by atomic mass is 10.2. The fourth-order valence-corrected chi connectivity index (χ4v) is 3.90. The van der Waals surface area contributed by atoms with Crippen molar-refractivity contribution in [2.24, 2.45) is 0 Å². The number of ether oxygens (including phenoxy) is 1. The van der Waals surface area contributed by atoms with Crippen molar-refractivity contribution in [3.8, 4) is 11.5 Å². The van der Waals surface area contributed by atoms with E-state index in [0.717, 1.165) is 12.2 Å². The maximum atomic E-state index is 12.8. The average molecular weight is 339 g/mol. The van der Waals surface area contributed by atoms with Crippen LogP contribution in [0.3, 0.4) is 0 Å². The van der Waals surface area contributed by atoms with E-state index in [4.69, 9.17) is 20.9 Å². The van der Waals surface area contributed by atoms with E-state index in [-0.39, 0.29) is 0 Å². The second-order valence-electron chi connectivity index (χ2n) is 4.85. The fourth-order valence-electron chi connectivity index (χ4n) is 2.07. The van der Waals surface area contributed by atoms with Crippen molar-refractivity contribution in [3.63, 3.8) is 0 Å². The molecule has 0 saturated carbocycles. The van der Waals surface area contributed by atoms with Crippen molar-refractivity contribution in [2.75, 3.05) is 16.8 Å². The predicted molar refractivity (Wildman–Crippen MR) is 89.2 cm³/mol. The normalized spacial score (nSPS) is 19.0. The molecular weight excluding hydrogens is 323 g/mol. The third kappa shape index (κ3) is 3.16. The van der Waals surface area contributed by atoms with Crippen molar-refractivity contribution in [3.05, 3.63) is 47.5 Å². The molecule has 0 amide bonds. The molecule has 0 aliphatic carbocycles. The molecule has 116 valence electrons. The first-order valence-corrected chi connectivity index (χ1v) is 8.97. The monoisotopic (exact) mass is 338 g/mol. The molecule has 1 aliphatic rings. The highest BCUT2D eigenvalue weighted by molar-refractivity contribution is 7.63. The number of halogens is 1. The number of fused-ring (bicyclic) bond motifs is 1. The van der Waals surface area contributed by atoms with Gasteiger partial charge in [0.1, 0.15) is 11.5 Å². The van der Waals surface area contributed by atoms with Crippen LogP contribution in [-0.2, 0) is 4.57 Å². The Morgan fingerprint density at radius 2 is 1.91 bits per heavy atom. The highest BCUT2D eigenvalue weighted by Crippen LogP contribution is 2.55. The molecule has 1 atom stereocenters. The van der Waals surface area contributed by atoms with Gasteiger partial charge < -0.3 is 9.26 Å². The van der Waals surface area contributed by atoms with E-state index in [1.807, 2.05) is 19.1 Å². The number of nitrogens with one attached hydrogen (secondary N) is 2. The molecule has 2 N–H and O–H groups in total. The average Bonchev–Trinajstić information content (AvgIpc) is 2.82. The van der Waals surface area contributed by atoms with Gasteiger partial charge in [-0.15, -0.1) is 0 Å². The molecule has 2 aromatic carbocycles. The van der Waals surface area contributed by atoms with Crippen LogP contribution in [0.2, 0.25) is 5.02 Å². The predicted octanol–water partition coefficient (Wildman–Crippen LogP) is 5.15. The Balaban J connectivity index is 1.78. The minimum atomic E-state index is -3.29. The standard InChI is InChI=1S/C15H16ClN2O3P/c1-2-9-20-11-7-8-13-14(10-11)18-22(19,17-13)21-15-6-4-3-5-12(15)16/h3-8,10H,2,9H2,1H3,(H2,17,18,19). The van der Waals surface area contributed by atoms with Crippen LogP contribution in [-0.4, -0.2) is 6.61 Å². The zero-order valence-electron chi connectivity index (χ0n) is 12.0. The van der Waals surface area contributed by atoms with Crippen molar-refractivity contribution < 1.29 is 13.8 Å². The molecule has 22 heavy (non-hydrogen) atoms. The van der Waals surface area contributed by atoms with E-state index in [0.29, 0.717) is 28.8 Å². The Hall–Kier alpha value is -1.84. The van der Waals surface area contributed by atoms with Crippen LogP contribution in [0.15, 0.2) is 42.5 Å². The molecule has 1 aliphatic heterocycles. The summed E-state index contributed by atoms with van der Waals surface area (Å²) in [5, 5.41) is 6.17. The van der Waals surface area contributed by atoms with Crippen LogP contribution in [0.4, 0.5) is 11.4 Å². The Bertz CT molecular complexity index is 738. The number of benzene rings is 2. The van der Waals surface area contributed by atoms with Gasteiger partial charge in [-0.1, -0.05) is 30.7 Å². The lowest BCUT2D eigenvalue weighted by molar-refractivity contribution is 0.317. The third-order valence-corrected chi connectivity index (χ3v) is 4.90. The number of rotatable bonds is 5. The zero-order chi connectivity index (χ0) is 15.6. The molecule has 0 fully saturated rings. The number of hydrogen-bond acceptors (Lipinski definition) is 3. The van der Waals surface area contributed by atoms with E-state index >= 15 is 0 Å². The van der Waals surface area contributed by atoms with Crippen LogP contribution in [0.5, 0.6) is 11.5 Å². The summed E-state index contributed by atoms with van der Waals surface area (Å²) >= 11 is 6.04. The lowest BCUT2D eigenvalue weighted by Crippen LogP contribution is -2.04. The Morgan fingerprint density at radius 3 is 2.68 bits per heavy atom. The van der Waals surface area contributed by atoms with E-state index < -0.39 is 7.67 Å². The van der Waals surface area contributed by atoms with Crippen molar-refractivity contribution in [1.82, 2.24) is 0 Å². The van der Waals surface area contributed by atoms with Gasteiger partial charge in [0.25, 0.3) is 0 Å². The second kappa shape index (κ2) is 6.11. The molecule has 0 aromatic heterocycles. The van der Waals surface area contributed by atoms with Crippen LogP contribution < -0.4 is 19.4 Å². The maximum absolute atomic E-state index is 12.8. The Labute approximate surface area is 134 Å². The zero-order valence-corrected chi connectivity index (χ0v) is 13.7. The van der Waals surface area contributed by atoms with Crippen LogP contribution in [0, 0.1) is 0 Å². The van der Waals surface area contributed by atoms with Crippen molar-refractivity contribution in [2.45, 2.75) is 13.3 Å². The fraction of sp³-hybridized carbons (Fsp3) is 0.200. The molecule has 0 bridgehead atoms. The highest BCUT2D eigenvalue weighted by Gasteiger charge is 2.34. The van der Waals surface area contributed by atoms with E-state index in [1.165, 1.54) is 0 Å².